The van der Waals surface area contributed by atoms with E-state index < -0.39 is 0 Å². The molecule has 2 heterocycles. The number of hydrogen-bond acceptors (Lipinski definition) is 5. The first-order valence-electron chi connectivity index (χ1n) is 12.6. The number of ether oxygens (including phenoxy) is 1. The number of aromatic amines is 1. The number of nitrogens with zero attached hydrogens (tertiary/aromatic N) is 3. The molecule has 2 N–H and O–H groups in total. The maximum absolute atomic E-state index is 6.32. The minimum absolute atomic E-state index is 0.0538. The van der Waals surface area contributed by atoms with Gasteiger partial charge in [-0.25, -0.2) is 9.97 Å². The van der Waals surface area contributed by atoms with Crippen LogP contribution < -0.4 is 10.1 Å². The van der Waals surface area contributed by atoms with Crippen molar-refractivity contribution >= 4 is 22.7 Å². The quantitative estimate of drug-likeness (QED) is 0.236. The van der Waals surface area contributed by atoms with E-state index in [1.54, 1.807) is 6.20 Å². The Bertz CT molecular complexity index is 1490. The zero-order valence-electron chi connectivity index (χ0n) is 21.8. The topological polar surface area (TPSA) is 66.1 Å². The van der Waals surface area contributed by atoms with E-state index in [-0.39, 0.29) is 5.41 Å². The lowest BCUT2D eigenvalue weighted by Crippen LogP contribution is -2.17. The minimum Gasteiger partial charge on any atom is -0.437 e. The maximum Gasteiger partial charge on any atom is 0.243 e. The molecule has 6 nitrogen and oxygen atoms in total. The van der Waals surface area contributed by atoms with Crippen LogP contribution in [0, 0.1) is 0 Å². The number of imidazole rings is 1. The van der Waals surface area contributed by atoms with Crippen LogP contribution in [-0.2, 0) is 18.5 Å². The second-order valence-electron chi connectivity index (χ2n) is 10.4. The molecule has 0 aliphatic carbocycles. The predicted molar refractivity (Wildman–Crippen MR) is 150 cm³/mol. The van der Waals surface area contributed by atoms with E-state index in [4.69, 9.17) is 9.72 Å². The molecule has 3 aromatic carbocycles. The van der Waals surface area contributed by atoms with E-state index in [2.05, 4.69) is 90.5 Å². The zero-order chi connectivity index (χ0) is 25.8. The number of fused-ring (bicyclic) bond motifs is 1. The summed E-state index contributed by atoms with van der Waals surface area (Å²) < 4.78 is 6.32. The molecule has 6 heteroatoms. The van der Waals surface area contributed by atoms with Gasteiger partial charge in [0.25, 0.3) is 0 Å². The summed E-state index contributed by atoms with van der Waals surface area (Å²) in [5, 5.41) is 3.39. The zero-order valence-corrected chi connectivity index (χ0v) is 21.8. The van der Waals surface area contributed by atoms with Crippen molar-refractivity contribution in [1.82, 2.24) is 19.9 Å². The number of anilines is 2. The first-order valence-corrected chi connectivity index (χ1v) is 12.6. The summed E-state index contributed by atoms with van der Waals surface area (Å²) >= 11 is 0. The normalized spacial score (nSPS) is 11.7. The average molecular weight is 492 g/mol. The van der Waals surface area contributed by atoms with Crippen LogP contribution in [0.4, 0.5) is 11.6 Å². The van der Waals surface area contributed by atoms with Gasteiger partial charge in [0.2, 0.25) is 11.8 Å². The predicted octanol–water partition coefficient (Wildman–Crippen LogP) is 7.42. The van der Waals surface area contributed by atoms with E-state index in [0.717, 1.165) is 41.1 Å². The summed E-state index contributed by atoms with van der Waals surface area (Å²) in [6, 6.07) is 28.7. The molecule has 0 fully saturated rings. The molecule has 2 aromatic heterocycles. The Hall–Kier alpha value is -4.16. The SMILES string of the molecule is CN(Cc1ccccc1)Cc1cccc2nc(Nc3cccnc3Oc3ccccc3C(C)(C)C)[nH]c12. The van der Waals surface area contributed by atoms with Crippen molar-refractivity contribution in [1.29, 1.82) is 0 Å². The van der Waals surface area contributed by atoms with E-state index in [1.807, 2.05) is 42.5 Å². The molecule has 5 rings (SSSR count). The van der Waals surface area contributed by atoms with Crippen LogP contribution in [0.2, 0.25) is 0 Å². The molecule has 0 spiro atoms. The number of pyridine rings is 1. The van der Waals surface area contributed by atoms with E-state index in [9.17, 15) is 0 Å². The van der Waals surface area contributed by atoms with Crippen molar-refractivity contribution in [3.05, 3.63) is 108 Å². The first-order chi connectivity index (χ1) is 17.9. The van der Waals surface area contributed by atoms with Gasteiger partial charge in [-0.3, -0.25) is 4.90 Å². The number of rotatable bonds is 8. The Balaban J connectivity index is 1.37. The molecule has 0 aliphatic rings. The lowest BCUT2D eigenvalue weighted by atomic mass is 9.86. The molecule has 37 heavy (non-hydrogen) atoms. The van der Waals surface area contributed by atoms with Crippen molar-refractivity contribution in [3.8, 4) is 11.6 Å². The van der Waals surface area contributed by atoms with E-state index in [0.29, 0.717) is 11.8 Å². The average Bonchev–Trinajstić information content (AvgIpc) is 3.29. The molecular formula is C31H33N5O. The van der Waals surface area contributed by atoms with Crippen LogP contribution >= 0.6 is 0 Å². The molecule has 188 valence electrons. The van der Waals surface area contributed by atoms with E-state index >= 15 is 0 Å². The number of nitrogens with one attached hydrogen (secondary N) is 2. The van der Waals surface area contributed by atoms with Gasteiger partial charge in [-0.2, -0.15) is 0 Å². The van der Waals surface area contributed by atoms with Crippen molar-refractivity contribution < 1.29 is 4.74 Å². The van der Waals surface area contributed by atoms with Gasteiger partial charge in [-0.15, -0.1) is 0 Å². The summed E-state index contributed by atoms with van der Waals surface area (Å²) in [4.78, 5) is 15.1. The summed E-state index contributed by atoms with van der Waals surface area (Å²) in [6.45, 7) is 8.21. The van der Waals surface area contributed by atoms with Crippen LogP contribution in [0.15, 0.2) is 91.1 Å². The van der Waals surface area contributed by atoms with Crippen molar-refractivity contribution in [3.63, 3.8) is 0 Å². The molecule has 0 aliphatic heterocycles. The van der Waals surface area contributed by atoms with Gasteiger partial charge in [-0.05, 0) is 47.9 Å². The molecule has 0 radical (unpaired) electrons. The second-order valence-corrected chi connectivity index (χ2v) is 10.4. The highest BCUT2D eigenvalue weighted by atomic mass is 16.5. The third kappa shape index (κ3) is 5.81. The van der Waals surface area contributed by atoms with Gasteiger partial charge in [-0.1, -0.05) is 81.4 Å². The van der Waals surface area contributed by atoms with Crippen LogP contribution in [0.3, 0.4) is 0 Å². The lowest BCUT2D eigenvalue weighted by molar-refractivity contribution is 0.320. The largest absolute Gasteiger partial charge is 0.437 e. The van der Waals surface area contributed by atoms with E-state index in [1.165, 1.54) is 11.1 Å². The second kappa shape index (κ2) is 10.4. The Morgan fingerprint density at radius 1 is 0.865 bits per heavy atom. The fraction of sp³-hybridized carbons (Fsp3) is 0.226. The van der Waals surface area contributed by atoms with Gasteiger partial charge < -0.3 is 15.0 Å². The van der Waals surface area contributed by atoms with Crippen LogP contribution in [0.25, 0.3) is 11.0 Å². The summed E-state index contributed by atoms with van der Waals surface area (Å²) in [5.41, 5.74) is 6.24. The smallest absolute Gasteiger partial charge is 0.243 e. The van der Waals surface area contributed by atoms with Gasteiger partial charge >= 0.3 is 0 Å². The Morgan fingerprint density at radius 2 is 1.65 bits per heavy atom. The van der Waals surface area contributed by atoms with Crippen LogP contribution in [0.5, 0.6) is 11.6 Å². The molecule has 0 amide bonds. The fourth-order valence-electron chi connectivity index (χ4n) is 4.50. The van der Waals surface area contributed by atoms with Crippen molar-refractivity contribution in [2.45, 2.75) is 39.3 Å². The highest BCUT2D eigenvalue weighted by molar-refractivity contribution is 5.82. The highest BCUT2D eigenvalue weighted by Crippen LogP contribution is 2.36. The molecule has 0 atom stereocenters. The summed E-state index contributed by atoms with van der Waals surface area (Å²) in [5.74, 6) is 1.95. The van der Waals surface area contributed by atoms with Gasteiger partial charge in [0.1, 0.15) is 11.4 Å². The number of benzene rings is 3. The molecule has 0 bridgehead atoms. The van der Waals surface area contributed by atoms with Crippen LogP contribution in [0.1, 0.15) is 37.5 Å². The Kier molecular flexibility index (Phi) is 6.93. The van der Waals surface area contributed by atoms with Crippen LogP contribution in [-0.4, -0.2) is 26.9 Å². The minimum atomic E-state index is -0.0538. The monoisotopic (exact) mass is 491 g/mol. The maximum atomic E-state index is 6.32. The lowest BCUT2D eigenvalue weighted by Gasteiger charge is -2.22. The third-order valence-corrected chi connectivity index (χ3v) is 6.27. The van der Waals surface area contributed by atoms with Gasteiger partial charge in [0.15, 0.2) is 0 Å². The molecule has 0 saturated heterocycles. The summed E-state index contributed by atoms with van der Waals surface area (Å²) in [6.07, 6.45) is 1.74. The van der Waals surface area contributed by atoms with Crippen molar-refractivity contribution in [2.75, 3.05) is 12.4 Å². The molecule has 0 unspecified atom stereocenters. The first kappa shape index (κ1) is 24.5. The highest BCUT2D eigenvalue weighted by Gasteiger charge is 2.20. The number of para-hydroxylation sites is 2. The Morgan fingerprint density at radius 3 is 2.46 bits per heavy atom. The standard InChI is InChI=1S/C31H33N5O/c1-31(2,3)24-15-8-9-18-27(24)37-29-26(17-11-19-32-29)34-30-33-25-16-10-14-23(28(25)35-30)21-36(4)20-22-12-6-5-7-13-22/h5-19H,20-21H2,1-4H3,(H2,33,34,35). The van der Waals surface area contributed by atoms with Gasteiger partial charge in [0.05, 0.1) is 11.0 Å². The molecular weight excluding hydrogens is 458 g/mol. The fourth-order valence-corrected chi connectivity index (χ4v) is 4.50. The molecule has 0 saturated carbocycles. The Labute approximate surface area is 218 Å². The van der Waals surface area contributed by atoms with Crippen molar-refractivity contribution in [2.24, 2.45) is 0 Å². The molecule has 5 aromatic rings. The number of H-pyrrole nitrogens is 1. The van der Waals surface area contributed by atoms with Gasteiger partial charge in [0, 0.05) is 24.8 Å². The summed E-state index contributed by atoms with van der Waals surface area (Å²) in [7, 11) is 2.13. The number of aromatic nitrogens is 3. The third-order valence-electron chi connectivity index (χ3n) is 6.27. The number of hydrogen-bond donors (Lipinski definition) is 2.